The number of rotatable bonds is 7. The third kappa shape index (κ3) is 4.31. The molecular weight excluding hydrogens is 338 g/mol. The van der Waals surface area contributed by atoms with Crippen LogP contribution in [0, 0.1) is 5.92 Å². The Hall–Kier alpha value is 0.0500. The first kappa shape index (κ1) is 16.1. The molecule has 0 aromatic carbocycles. The first-order valence-corrected chi connectivity index (χ1v) is 8.88. The van der Waals surface area contributed by atoms with Gasteiger partial charge in [0.1, 0.15) is 4.21 Å². The Bertz CT molecular complexity index is 472. The van der Waals surface area contributed by atoms with Gasteiger partial charge in [0.25, 0.3) is 0 Å². The zero-order chi connectivity index (χ0) is 13.8. The summed E-state index contributed by atoms with van der Waals surface area (Å²) >= 11 is 4.43. The lowest BCUT2D eigenvalue weighted by Crippen LogP contribution is -2.39. The van der Waals surface area contributed by atoms with E-state index in [9.17, 15) is 8.42 Å². The smallest absolute Gasteiger partial charge is 0.250 e. The van der Waals surface area contributed by atoms with E-state index in [-0.39, 0.29) is 18.6 Å². The molecule has 2 N–H and O–H groups in total. The molecule has 1 aromatic rings. The van der Waals surface area contributed by atoms with Crippen LogP contribution in [-0.2, 0) is 10.0 Å². The van der Waals surface area contributed by atoms with Crippen LogP contribution in [0.2, 0.25) is 0 Å². The van der Waals surface area contributed by atoms with Crippen molar-refractivity contribution in [1.29, 1.82) is 0 Å². The largest absolute Gasteiger partial charge is 0.396 e. The molecular formula is C11H18BrNO3S2. The maximum atomic E-state index is 12.1. The second-order valence-corrected chi connectivity index (χ2v) is 8.59. The molecule has 104 valence electrons. The van der Waals surface area contributed by atoms with Crippen molar-refractivity contribution in [3.8, 4) is 0 Å². The van der Waals surface area contributed by atoms with E-state index in [4.69, 9.17) is 5.11 Å². The summed E-state index contributed by atoms with van der Waals surface area (Å²) in [6, 6.07) is 3.05. The minimum absolute atomic E-state index is 0.0222. The Labute approximate surface area is 121 Å². The molecule has 0 spiro atoms. The van der Waals surface area contributed by atoms with Gasteiger partial charge in [-0.25, -0.2) is 13.1 Å². The predicted octanol–water partition coefficient (Wildman–Crippen LogP) is 2.59. The van der Waals surface area contributed by atoms with E-state index in [1.807, 2.05) is 13.8 Å². The molecule has 1 aromatic heterocycles. The second kappa shape index (κ2) is 7.00. The van der Waals surface area contributed by atoms with Crippen LogP contribution in [0.3, 0.4) is 0 Å². The lowest BCUT2D eigenvalue weighted by atomic mass is 9.98. The van der Waals surface area contributed by atoms with E-state index in [0.717, 1.165) is 10.2 Å². The minimum atomic E-state index is -3.49. The quantitative estimate of drug-likeness (QED) is 0.789. The molecule has 18 heavy (non-hydrogen) atoms. The van der Waals surface area contributed by atoms with Crippen molar-refractivity contribution in [3.63, 3.8) is 0 Å². The average molecular weight is 356 g/mol. The predicted molar refractivity (Wildman–Crippen MR) is 77.3 cm³/mol. The van der Waals surface area contributed by atoms with Crippen LogP contribution in [0.15, 0.2) is 20.1 Å². The highest BCUT2D eigenvalue weighted by molar-refractivity contribution is 9.11. The van der Waals surface area contributed by atoms with Crippen LogP contribution < -0.4 is 4.72 Å². The van der Waals surface area contributed by atoms with Crippen LogP contribution in [0.1, 0.15) is 26.7 Å². The van der Waals surface area contributed by atoms with Crippen molar-refractivity contribution < 1.29 is 13.5 Å². The molecule has 0 bridgehead atoms. The molecule has 2 atom stereocenters. The highest BCUT2D eigenvalue weighted by Crippen LogP contribution is 2.26. The normalized spacial score (nSPS) is 15.6. The zero-order valence-electron chi connectivity index (χ0n) is 10.4. The van der Waals surface area contributed by atoms with Crippen LogP contribution in [-0.4, -0.2) is 26.2 Å². The molecule has 0 saturated heterocycles. The summed E-state index contributed by atoms with van der Waals surface area (Å²) in [4.78, 5) is 0. The van der Waals surface area contributed by atoms with Crippen molar-refractivity contribution in [2.45, 2.75) is 36.9 Å². The van der Waals surface area contributed by atoms with Crippen molar-refractivity contribution in [2.24, 2.45) is 5.92 Å². The number of aliphatic hydroxyl groups excluding tert-OH is 1. The Morgan fingerprint density at radius 3 is 2.61 bits per heavy atom. The SMILES string of the molecule is CC[C@H](C)[C@H](CCO)NS(=O)(=O)c1ccc(Br)s1. The molecule has 4 nitrogen and oxygen atoms in total. The number of hydrogen-bond acceptors (Lipinski definition) is 4. The fourth-order valence-electron chi connectivity index (χ4n) is 1.58. The standard InChI is InChI=1S/C11H18BrNO3S2/c1-3-8(2)9(6-7-14)13-18(15,16)11-5-4-10(12)17-11/h4-5,8-9,13-14H,3,6-7H2,1-2H3/t8-,9-/m0/s1. The minimum Gasteiger partial charge on any atom is -0.396 e. The van der Waals surface area contributed by atoms with E-state index in [2.05, 4.69) is 20.7 Å². The summed E-state index contributed by atoms with van der Waals surface area (Å²) in [6.45, 7) is 3.96. The molecule has 0 aliphatic heterocycles. The lowest BCUT2D eigenvalue weighted by molar-refractivity contribution is 0.250. The highest BCUT2D eigenvalue weighted by atomic mass is 79.9. The summed E-state index contributed by atoms with van der Waals surface area (Å²) in [5.74, 6) is 0.190. The summed E-state index contributed by atoms with van der Waals surface area (Å²) in [5.41, 5.74) is 0. The summed E-state index contributed by atoms with van der Waals surface area (Å²) in [6.07, 6.45) is 1.29. The first-order chi connectivity index (χ1) is 8.40. The highest BCUT2D eigenvalue weighted by Gasteiger charge is 2.24. The molecule has 0 amide bonds. The van der Waals surface area contributed by atoms with Crippen LogP contribution in [0.4, 0.5) is 0 Å². The first-order valence-electron chi connectivity index (χ1n) is 5.79. The Morgan fingerprint density at radius 1 is 1.50 bits per heavy atom. The van der Waals surface area contributed by atoms with Gasteiger partial charge in [0, 0.05) is 12.6 Å². The number of halogens is 1. The zero-order valence-corrected chi connectivity index (χ0v) is 13.6. The molecule has 1 heterocycles. The number of hydrogen-bond donors (Lipinski definition) is 2. The van der Waals surface area contributed by atoms with Gasteiger partial charge in [-0.2, -0.15) is 0 Å². The van der Waals surface area contributed by atoms with E-state index >= 15 is 0 Å². The van der Waals surface area contributed by atoms with Crippen LogP contribution in [0.25, 0.3) is 0 Å². The topological polar surface area (TPSA) is 66.4 Å². The molecule has 0 radical (unpaired) electrons. The fourth-order valence-corrected chi connectivity index (χ4v) is 4.99. The van der Waals surface area contributed by atoms with Gasteiger partial charge in [-0.3, -0.25) is 0 Å². The fraction of sp³-hybridized carbons (Fsp3) is 0.636. The van der Waals surface area contributed by atoms with Crippen LogP contribution in [0.5, 0.6) is 0 Å². The van der Waals surface area contributed by atoms with Gasteiger partial charge in [0.2, 0.25) is 10.0 Å². The van der Waals surface area contributed by atoms with Crippen molar-refractivity contribution in [1.82, 2.24) is 4.72 Å². The molecule has 0 aliphatic rings. The lowest BCUT2D eigenvalue weighted by Gasteiger charge is -2.22. The number of aliphatic hydroxyl groups is 1. The van der Waals surface area contributed by atoms with Gasteiger partial charge in [-0.1, -0.05) is 20.3 Å². The van der Waals surface area contributed by atoms with E-state index < -0.39 is 10.0 Å². The van der Waals surface area contributed by atoms with Crippen molar-refractivity contribution in [2.75, 3.05) is 6.61 Å². The molecule has 1 rings (SSSR count). The maximum absolute atomic E-state index is 12.1. The van der Waals surface area contributed by atoms with Gasteiger partial charge in [-0.15, -0.1) is 11.3 Å². The van der Waals surface area contributed by atoms with E-state index in [1.165, 1.54) is 11.3 Å². The third-order valence-electron chi connectivity index (χ3n) is 2.89. The van der Waals surface area contributed by atoms with Crippen molar-refractivity contribution in [3.05, 3.63) is 15.9 Å². The monoisotopic (exact) mass is 355 g/mol. The van der Waals surface area contributed by atoms with Crippen molar-refractivity contribution >= 4 is 37.3 Å². The second-order valence-electron chi connectivity index (χ2n) is 4.18. The molecule has 0 saturated carbocycles. The average Bonchev–Trinajstić information content (AvgIpc) is 2.75. The summed E-state index contributed by atoms with van der Waals surface area (Å²) in [5, 5.41) is 9.01. The summed E-state index contributed by atoms with van der Waals surface area (Å²) < 4.78 is 28.0. The molecule has 0 aliphatic carbocycles. The number of nitrogens with one attached hydrogen (secondary N) is 1. The maximum Gasteiger partial charge on any atom is 0.250 e. The Kier molecular flexibility index (Phi) is 6.26. The van der Waals surface area contributed by atoms with E-state index in [1.54, 1.807) is 12.1 Å². The Morgan fingerprint density at radius 2 is 2.17 bits per heavy atom. The number of thiophene rings is 1. The van der Waals surface area contributed by atoms with Gasteiger partial charge in [-0.05, 0) is 40.4 Å². The van der Waals surface area contributed by atoms with Gasteiger partial charge < -0.3 is 5.11 Å². The Balaban J connectivity index is 2.85. The van der Waals surface area contributed by atoms with Crippen LogP contribution >= 0.6 is 27.3 Å². The summed E-state index contributed by atoms with van der Waals surface area (Å²) in [7, 11) is -3.49. The number of sulfonamides is 1. The molecule has 7 heteroatoms. The molecule has 0 fully saturated rings. The van der Waals surface area contributed by atoms with Gasteiger partial charge in [0.15, 0.2) is 0 Å². The third-order valence-corrected chi connectivity index (χ3v) is 6.50. The van der Waals surface area contributed by atoms with Gasteiger partial charge >= 0.3 is 0 Å². The van der Waals surface area contributed by atoms with Gasteiger partial charge in [0.05, 0.1) is 3.79 Å². The molecule has 0 unspecified atom stereocenters. The van der Waals surface area contributed by atoms with E-state index in [0.29, 0.717) is 10.6 Å².